The maximum atomic E-state index is 13.0. The largest absolute Gasteiger partial charge is 0.496 e. The van der Waals surface area contributed by atoms with Gasteiger partial charge >= 0.3 is 11.3 Å². The summed E-state index contributed by atoms with van der Waals surface area (Å²) in [5.74, 6) is 0.620. The Labute approximate surface area is 172 Å². The monoisotopic (exact) mass is 409 g/mol. The van der Waals surface area contributed by atoms with Gasteiger partial charge in [-0.05, 0) is 53.8 Å². The van der Waals surface area contributed by atoms with E-state index in [1.807, 2.05) is 55.6 Å². The van der Waals surface area contributed by atoms with Crippen molar-refractivity contribution in [2.75, 3.05) is 18.3 Å². The van der Waals surface area contributed by atoms with Crippen molar-refractivity contribution in [3.63, 3.8) is 0 Å². The number of ether oxygens (including phenoxy) is 1. The number of rotatable bonds is 3. The van der Waals surface area contributed by atoms with Gasteiger partial charge in [-0.25, -0.2) is 4.90 Å². The van der Waals surface area contributed by atoms with Crippen LogP contribution in [0.1, 0.15) is 24.2 Å². The summed E-state index contributed by atoms with van der Waals surface area (Å²) in [5.41, 5.74) is 3.31. The predicted molar refractivity (Wildman–Crippen MR) is 111 cm³/mol. The molecule has 0 saturated heterocycles. The molecule has 3 aromatic rings. The SMILES string of the molecule is COc1ccc([C@@H]2N(C(C)=O)c3ccccc3-c3c(=O)[nH]c(SC)n[n+]32)cc1C. The van der Waals surface area contributed by atoms with Crippen molar-refractivity contribution in [1.82, 2.24) is 10.1 Å². The first-order chi connectivity index (χ1) is 14.0. The van der Waals surface area contributed by atoms with Crippen molar-refractivity contribution >= 4 is 23.4 Å². The van der Waals surface area contributed by atoms with E-state index in [2.05, 4.69) is 10.1 Å². The minimum Gasteiger partial charge on any atom is -0.496 e. The van der Waals surface area contributed by atoms with Crippen LogP contribution in [-0.4, -0.2) is 29.4 Å². The van der Waals surface area contributed by atoms with Gasteiger partial charge in [0.05, 0.1) is 18.4 Å². The molecule has 1 atom stereocenters. The highest BCUT2D eigenvalue weighted by Crippen LogP contribution is 2.37. The molecule has 2 aromatic carbocycles. The standard InChI is InChI=1S/C21H20N4O3S/c1-12-11-14(9-10-17(12)28-3)20-24(13(2)26)16-8-6-5-7-15(16)18-19(27)22-21(29-4)23-25(18)20/h5-11,20H,1-4H3/p+1/t20-/m1/s1. The number of thioether (sulfide) groups is 1. The summed E-state index contributed by atoms with van der Waals surface area (Å²) in [6, 6.07) is 13.1. The molecule has 0 unspecified atom stereocenters. The maximum absolute atomic E-state index is 13.0. The normalized spacial score (nSPS) is 14.9. The van der Waals surface area contributed by atoms with E-state index in [0.717, 1.165) is 16.9 Å². The summed E-state index contributed by atoms with van der Waals surface area (Å²) in [6.07, 6.45) is 1.26. The maximum Gasteiger partial charge on any atom is 0.325 e. The number of aryl methyl sites for hydroxylation is 1. The highest BCUT2D eigenvalue weighted by atomic mass is 32.2. The second-order valence-corrected chi connectivity index (χ2v) is 7.56. The van der Waals surface area contributed by atoms with E-state index in [-0.39, 0.29) is 11.5 Å². The number of amides is 1. The third-order valence-corrected chi connectivity index (χ3v) is 5.58. The van der Waals surface area contributed by atoms with Crippen LogP contribution in [0, 0.1) is 6.92 Å². The molecule has 1 aromatic heterocycles. The van der Waals surface area contributed by atoms with Gasteiger partial charge in [0.15, 0.2) is 0 Å². The number of hydrogen-bond acceptors (Lipinski definition) is 5. The Morgan fingerprint density at radius 1 is 1.28 bits per heavy atom. The fourth-order valence-electron chi connectivity index (χ4n) is 3.77. The third-order valence-electron chi connectivity index (χ3n) is 5.01. The Morgan fingerprint density at radius 3 is 2.69 bits per heavy atom. The van der Waals surface area contributed by atoms with E-state index in [0.29, 0.717) is 22.1 Å². The number of nitrogens with zero attached hydrogens (tertiary/aromatic N) is 3. The average Bonchev–Trinajstić information content (AvgIpc) is 2.71. The van der Waals surface area contributed by atoms with Crippen LogP contribution in [0.3, 0.4) is 0 Å². The van der Waals surface area contributed by atoms with Gasteiger partial charge in [0.25, 0.3) is 6.17 Å². The number of hydrogen-bond donors (Lipinski definition) is 1. The lowest BCUT2D eigenvalue weighted by Crippen LogP contribution is -2.60. The predicted octanol–water partition coefficient (Wildman–Crippen LogP) is 2.68. The van der Waals surface area contributed by atoms with Crippen LogP contribution in [0.2, 0.25) is 0 Å². The van der Waals surface area contributed by atoms with Crippen LogP contribution in [-0.2, 0) is 4.79 Å². The van der Waals surface area contributed by atoms with Crippen molar-refractivity contribution in [2.24, 2.45) is 0 Å². The third kappa shape index (κ3) is 3.09. The molecule has 0 aliphatic carbocycles. The van der Waals surface area contributed by atoms with Gasteiger partial charge in [0, 0.05) is 17.6 Å². The van der Waals surface area contributed by atoms with Crippen LogP contribution in [0.15, 0.2) is 52.4 Å². The highest BCUT2D eigenvalue weighted by molar-refractivity contribution is 7.98. The van der Waals surface area contributed by atoms with Crippen molar-refractivity contribution in [3.05, 3.63) is 63.9 Å². The van der Waals surface area contributed by atoms with E-state index >= 15 is 0 Å². The van der Waals surface area contributed by atoms with Crippen molar-refractivity contribution in [3.8, 4) is 17.0 Å². The molecule has 0 saturated carbocycles. The Bertz CT molecular complexity index is 1170. The second kappa shape index (κ2) is 7.36. The number of H-pyrrole nitrogens is 1. The highest BCUT2D eigenvalue weighted by Gasteiger charge is 2.44. The molecule has 7 nitrogen and oxygen atoms in total. The Balaban J connectivity index is 2.06. The zero-order chi connectivity index (χ0) is 20.7. The first-order valence-corrected chi connectivity index (χ1v) is 10.3. The molecule has 0 radical (unpaired) electrons. The number of carbonyl (C=O) groups is 1. The molecule has 0 spiro atoms. The number of benzene rings is 2. The number of aromatic amines is 1. The lowest BCUT2D eigenvalue weighted by atomic mass is 10.0. The first-order valence-electron chi connectivity index (χ1n) is 9.10. The number of carbonyl (C=O) groups excluding carboxylic acids is 1. The van der Waals surface area contributed by atoms with E-state index in [1.165, 1.54) is 18.7 Å². The van der Waals surface area contributed by atoms with E-state index in [4.69, 9.17) is 4.74 Å². The van der Waals surface area contributed by atoms with Crippen LogP contribution >= 0.6 is 11.8 Å². The van der Waals surface area contributed by atoms with Gasteiger partial charge in [-0.2, -0.15) is 0 Å². The molecule has 0 bridgehead atoms. The quantitative estimate of drug-likeness (QED) is 0.532. The zero-order valence-electron chi connectivity index (χ0n) is 16.6. The molecule has 1 aliphatic rings. The number of aromatic nitrogens is 3. The fraction of sp³-hybridized carbons (Fsp3) is 0.238. The van der Waals surface area contributed by atoms with Gasteiger partial charge in [0.2, 0.25) is 11.1 Å². The molecule has 0 fully saturated rings. The summed E-state index contributed by atoms with van der Waals surface area (Å²) < 4.78 is 7.03. The minimum atomic E-state index is -0.588. The van der Waals surface area contributed by atoms with Gasteiger partial charge in [-0.3, -0.25) is 14.6 Å². The molecule has 148 valence electrons. The molecule has 1 amide bonds. The lowest BCUT2D eigenvalue weighted by Gasteiger charge is -2.31. The molecular weight excluding hydrogens is 388 g/mol. The molecule has 2 heterocycles. The Morgan fingerprint density at radius 2 is 2.03 bits per heavy atom. The molecule has 4 rings (SSSR count). The molecular formula is C21H21N4O3S+. The van der Waals surface area contributed by atoms with E-state index in [9.17, 15) is 9.59 Å². The van der Waals surface area contributed by atoms with Gasteiger partial charge < -0.3 is 4.74 Å². The summed E-state index contributed by atoms with van der Waals surface area (Å²) >= 11 is 1.34. The Hall–Kier alpha value is -3.13. The topological polar surface area (TPSA) is 79.2 Å². The molecule has 29 heavy (non-hydrogen) atoms. The van der Waals surface area contributed by atoms with Crippen LogP contribution in [0.4, 0.5) is 5.69 Å². The van der Waals surface area contributed by atoms with Crippen molar-refractivity contribution in [1.29, 1.82) is 0 Å². The van der Waals surface area contributed by atoms with Crippen LogP contribution < -0.4 is 19.9 Å². The fourth-order valence-corrected chi connectivity index (χ4v) is 4.13. The van der Waals surface area contributed by atoms with Crippen LogP contribution in [0.25, 0.3) is 11.3 Å². The number of para-hydroxylation sites is 1. The summed E-state index contributed by atoms with van der Waals surface area (Å²) in [7, 11) is 1.62. The second-order valence-electron chi connectivity index (χ2n) is 6.77. The zero-order valence-corrected chi connectivity index (χ0v) is 17.4. The number of fused-ring (bicyclic) bond motifs is 3. The number of anilines is 1. The molecule has 1 aliphatic heterocycles. The minimum absolute atomic E-state index is 0.137. The Kier molecular flexibility index (Phi) is 4.87. The summed E-state index contributed by atoms with van der Waals surface area (Å²) in [6.45, 7) is 3.47. The lowest BCUT2D eigenvalue weighted by molar-refractivity contribution is -0.763. The van der Waals surface area contributed by atoms with Crippen molar-refractivity contribution < 1.29 is 14.2 Å². The van der Waals surface area contributed by atoms with Gasteiger partial charge in [0.1, 0.15) is 5.75 Å². The molecule has 1 N–H and O–H groups in total. The summed E-state index contributed by atoms with van der Waals surface area (Å²) in [5, 5.41) is 5.14. The van der Waals surface area contributed by atoms with Crippen molar-refractivity contribution in [2.45, 2.75) is 25.2 Å². The van der Waals surface area contributed by atoms with Crippen LogP contribution in [0.5, 0.6) is 5.75 Å². The molecule has 8 heteroatoms. The number of methoxy groups -OCH3 is 1. The smallest absolute Gasteiger partial charge is 0.325 e. The van der Waals surface area contributed by atoms with Gasteiger partial charge in [-0.1, -0.05) is 23.9 Å². The summed E-state index contributed by atoms with van der Waals surface area (Å²) in [4.78, 5) is 30.2. The number of nitrogens with one attached hydrogen (secondary N) is 1. The van der Waals surface area contributed by atoms with E-state index in [1.54, 1.807) is 16.7 Å². The van der Waals surface area contributed by atoms with E-state index < -0.39 is 6.17 Å². The van der Waals surface area contributed by atoms with Gasteiger partial charge in [-0.15, -0.1) is 0 Å². The first kappa shape index (κ1) is 19.2. The average molecular weight is 409 g/mol.